The van der Waals surface area contributed by atoms with Crippen LogP contribution in [0.4, 0.5) is 0 Å². The van der Waals surface area contributed by atoms with E-state index < -0.39 is 9.84 Å². The molecule has 0 aliphatic rings. The van der Waals surface area contributed by atoms with Crippen molar-refractivity contribution in [2.45, 2.75) is 24.8 Å². The molecule has 0 saturated carbocycles. The molecule has 0 aliphatic heterocycles. The number of nitrogens with one attached hydrogen (secondary N) is 2. The Morgan fingerprint density at radius 2 is 1.73 bits per heavy atom. The normalized spacial score (nSPS) is 12.0. The van der Waals surface area contributed by atoms with E-state index in [0.717, 1.165) is 36.7 Å². The van der Waals surface area contributed by atoms with Crippen molar-refractivity contribution < 1.29 is 8.42 Å². The lowest BCUT2D eigenvalue weighted by molar-refractivity contribution is 0.602. The molecule has 2 N–H and O–H groups in total. The molecule has 7 nitrogen and oxygen atoms in total. The summed E-state index contributed by atoms with van der Waals surface area (Å²) in [5, 5.41) is 10.8. The Kier molecular flexibility index (Phi) is 7.24. The zero-order valence-corrected chi connectivity index (χ0v) is 18.1. The molecule has 8 heteroatoms. The summed E-state index contributed by atoms with van der Waals surface area (Å²) in [5.41, 5.74) is 3.22. The van der Waals surface area contributed by atoms with E-state index in [1.165, 1.54) is 11.8 Å². The summed E-state index contributed by atoms with van der Waals surface area (Å²) < 4.78 is 24.9. The van der Waals surface area contributed by atoms with Gasteiger partial charge in [-0.1, -0.05) is 24.3 Å². The monoisotopic (exact) mass is 425 g/mol. The molecule has 0 fully saturated rings. The largest absolute Gasteiger partial charge is 0.357 e. The van der Waals surface area contributed by atoms with Gasteiger partial charge in [-0.15, -0.1) is 0 Å². The quantitative estimate of drug-likeness (QED) is 0.428. The third kappa shape index (κ3) is 6.18. The second-order valence-electron chi connectivity index (χ2n) is 6.91. The van der Waals surface area contributed by atoms with Crippen LogP contribution >= 0.6 is 0 Å². The maximum Gasteiger partial charge on any atom is 0.191 e. The summed E-state index contributed by atoms with van der Waals surface area (Å²) in [7, 11) is -3.18. The van der Waals surface area contributed by atoms with E-state index in [4.69, 9.17) is 0 Å². The molecule has 158 valence electrons. The minimum atomic E-state index is -3.18. The van der Waals surface area contributed by atoms with Gasteiger partial charge in [0, 0.05) is 31.7 Å². The van der Waals surface area contributed by atoms with E-state index in [9.17, 15) is 8.42 Å². The Labute approximate surface area is 177 Å². The summed E-state index contributed by atoms with van der Waals surface area (Å²) in [6.45, 7) is 4.00. The molecule has 2 aromatic carbocycles. The molecular formula is C22H27N5O2S. The van der Waals surface area contributed by atoms with Crippen LogP contribution in [0.15, 0.2) is 76.9 Å². The van der Waals surface area contributed by atoms with Crippen molar-refractivity contribution >= 4 is 15.8 Å². The van der Waals surface area contributed by atoms with Gasteiger partial charge in [-0.05, 0) is 54.8 Å². The average Bonchev–Trinajstić information content (AvgIpc) is 3.27. The lowest BCUT2D eigenvalue weighted by Crippen LogP contribution is -2.38. The molecule has 0 radical (unpaired) electrons. The second-order valence-corrected chi connectivity index (χ2v) is 8.92. The molecule has 0 unspecified atom stereocenters. The Hall–Kier alpha value is -3.13. The number of benzene rings is 2. The third-order valence-corrected chi connectivity index (χ3v) is 5.66. The standard InChI is InChI=1S/C22H27N5O2S/c1-3-23-22(25-17-19-7-11-21(12-8-19)30(2,28)29)24-15-13-18-5-9-20(10-6-18)27-16-4-14-26-27/h4-12,14,16H,3,13,15,17H2,1-2H3,(H2,23,24,25). The van der Waals surface area contributed by atoms with Crippen molar-refractivity contribution in [2.24, 2.45) is 4.99 Å². The van der Waals surface area contributed by atoms with Gasteiger partial charge < -0.3 is 10.6 Å². The maximum atomic E-state index is 11.6. The maximum absolute atomic E-state index is 11.6. The van der Waals surface area contributed by atoms with E-state index in [2.05, 4.69) is 45.0 Å². The van der Waals surface area contributed by atoms with Gasteiger partial charge in [0.1, 0.15) is 0 Å². The van der Waals surface area contributed by atoms with Gasteiger partial charge in [0.05, 0.1) is 17.1 Å². The van der Waals surface area contributed by atoms with Gasteiger partial charge >= 0.3 is 0 Å². The minimum Gasteiger partial charge on any atom is -0.357 e. The fourth-order valence-electron chi connectivity index (χ4n) is 2.92. The number of sulfone groups is 1. The molecule has 0 bridgehead atoms. The lowest BCUT2D eigenvalue weighted by atomic mass is 10.1. The first kappa shape index (κ1) is 21.6. The Morgan fingerprint density at radius 3 is 2.33 bits per heavy atom. The van der Waals surface area contributed by atoms with Crippen LogP contribution in [-0.2, 0) is 22.8 Å². The Bertz CT molecular complexity index is 1060. The predicted octanol–water partition coefficient (Wildman–Crippen LogP) is 2.57. The Morgan fingerprint density at radius 1 is 1.03 bits per heavy atom. The number of hydrogen-bond donors (Lipinski definition) is 2. The summed E-state index contributed by atoms with van der Waals surface area (Å²) in [6, 6.07) is 17.1. The highest BCUT2D eigenvalue weighted by Gasteiger charge is 2.06. The summed E-state index contributed by atoms with van der Waals surface area (Å²) >= 11 is 0. The van der Waals surface area contributed by atoms with Gasteiger partial charge in [-0.2, -0.15) is 5.10 Å². The van der Waals surface area contributed by atoms with Gasteiger partial charge in [-0.25, -0.2) is 18.1 Å². The van der Waals surface area contributed by atoms with Crippen LogP contribution in [-0.4, -0.2) is 43.5 Å². The van der Waals surface area contributed by atoms with Gasteiger partial charge in [0.15, 0.2) is 15.8 Å². The number of rotatable bonds is 8. The van der Waals surface area contributed by atoms with Crippen molar-refractivity contribution in [1.82, 2.24) is 20.4 Å². The first-order valence-corrected chi connectivity index (χ1v) is 11.7. The van der Waals surface area contributed by atoms with E-state index in [1.807, 2.05) is 23.9 Å². The first-order chi connectivity index (χ1) is 14.5. The SMILES string of the molecule is CCNC(=NCc1ccc(S(C)(=O)=O)cc1)NCCc1ccc(-n2cccn2)cc1. The van der Waals surface area contributed by atoms with E-state index in [0.29, 0.717) is 11.4 Å². The highest BCUT2D eigenvalue weighted by atomic mass is 32.2. The van der Waals surface area contributed by atoms with Crippen LogP contribution in [0.2, 0.25) is 0 Å². The molecule has 0 aliphatic carbocycles. The molecule has 3 rings (SSSR count). The predicted molar refractivity (Wildman–Crippen MR) is 120 cm³/mol. The van der Waals surface area contributed by atoms with Crippen molar-refractivity contribution in [1.29, 1.82) is 0 Å². The minimum absolute atomic E-state index is 0.318. The van der Waals surface area contributed by atoms with Crippen molar-refractivity contribution in [3.05, 3.63) is 78.1 Å². The van der Waals surface area contributed by atoms with E-state index in [-0.39, 0.29) is 0 Å². The fraction of sp³-hybridized carbons (Fsp3) is 0.273. The molecule has 0 spiro atoms. The molecule has 30 heavy (non-hydrogen) atoms. The molecular weight excluding hydrogens is 398 g/mol. The molecule has 1 heterocycles. The number of aromatic nitrogens is 2. The van der Waals surface area contributed by atoms with Crippen molar-refractivity contribution in [3.8, 4) is 5.69 Å². The molecule has 0 amide bonds. The van der Waals surface area contributed by atoms with Crippen LogP contribution in [0, 0.1) is 0 Å². The smallest absolute Gasteiger partial charge is 0.191 e. The second kappa shape index (κ2) is 10.1. The molecule has 0 atom stereocenters. The summed E-state index contributed by atoms with van der Waals surface area (Å²) in [5.74, 6) is 0.734. The number of nitrogens with zero attached hydrogens (tertiary/aromatic N) is 3. The van der Waals surface area contributed by atoms with Crippen LogP contribution in [0.5, 0.6) is 0 Å². The first-order valence-electron chi connectivity index (χ1n) is 9.86. The van der Waals surface area contributed by atoms with E-state index in [1.54, 1.807) is 30.5 Å². The van der Waals surface area contributed by atoms with Crippen molar-refractivity contribution in [3.63, 3.8) is 0 Å². The summed E-state index contributed by atoms with van der Waals surface area (Å²) in [4.78, 5) is 4.91. The van der Waals surface area contributed by atoms with Crippen LogP contribution in [0.3, 0.4) is 0 Å². The fourth-order valence-corrected chi connectivity index (χ4v) is 3.55. The van der Waals surface area contributed by atoms with Gasteiger partial charge in [0.2, 0.25) is 0 Å². The lowest BCUT2D eigenvalue weighted by Gasteiger charge is -2.12. The van der Waals surface area contributed by atoms with Crippen LogP contribution in [0.25, 0.3) is 5.69 Å². The number of aliphatic imine (C=N–C) groups is 1. The molecule has 1 aromatic heterocycles. The van der Waals surface area contributed by atoms with Crippen LogP contribution < -0.4 is 10.6 Å². The van der Waals surface area contributed by atoms with Gasteiger partial charge in [0.25, 0.3) is 0 Å². The average molecular weight is 426 g/mol. The van der Waals surface area contributed by atoms with Crippen LogP contribution in [0.1, 0.15) is 18.1 Å². The zero-order valence-electron chi connectivity index (χ0n) is 17.2. The highest BCUT2D eigenvalue weighted by Crippen LogP contribution is 2.11. The molecule has 3 aromatic rings. The van der Waals surface area contributed by atoms with Crippen molar-refractivity contribution in [2.75, 3.05) is 19.3 Å². The topological polar surface area (TPSA) is 88.4 Å². The summed E-state index contributed by atoms with van der Waals surface area (Å²) in [6.07, 6.45) is 5.76. The number of guanidine groups is 1. The zero-order chi connectivity index (χ0) is 21.4. The Balaban J connectivity index is 1.53. The van der Waals surface area contributed by atoms with E-state index >= 15 is 0 Å². The highest BCUT2D eigenvalue weighted by molar-refractivity contribution is 7.90. The van der Waals surface area contributed by atoms with Gasteiger partial charge in [-0.3, -0.25) is 0 Å². The molecule has 0 saturated heterocycles. The number of hydrogen-bond acceptors (Lipinski definition) is 4. The third-order valence-electron chi connectivity index (χ3n) is 4.53.